The van der Waals surface area contributed by atoms with E-state index in [0.29, 0.717) is 37.9 Å². The van der Waals surface area contributed by atoms with Crippen LogP contribution in [0, 0.1) is 6.92 Å². The molecule has 1 aliphatic rings. The molecule has 1 fully saturated rings. The minimum absolute atomic E-state index is 0.0923. The molecule has 0 atom stereocenters. The maximum Gasteiger partial charge on any atom is 0.329 e. The summed E-state index contributed by atoms with van der Waals surface area (Å²) in [5, 5.41) is 10.1. The number of hydrogen-bond acceptors (Lipinski definition) is 5. The molecule has 3 rings (SSSR count). The SMILES string of the molecule is Cc1cn(CC(=O)N(CCOCc2ccccc2)C2(C(=O)O)CCCCC2)c(=O)[nH]c1=O. The highest BCUT2D eigenvalue weighted by molar-refractivity contribution is 5.87. The first kappa shape index (κ1) is 23.5. The van der Waals surface area contributed by atoms with Gasteiger partial charge >= 0.3 is 11.7 Å². The third-order valence-corrected chi connectivity index (χ3v) is 5.96. The Hall–Kier alpha value is -3.20. The third-order valence-electron chi connectivity index (χ3n) is 5.96. The summed E-state index contributed by atoms with van der Waals surface area (Å²) in [6, 6.07) is 9.56. The van der Waals surface area contributed by atoms with Gasteiger partial charge in [0.05, 0.1) is 13.2 Å². The van der Waals surface area contributed by atoms with Gasteiger partial charge in [0.25, 0.3) is 5.56 Å². The number of nitrogens with zero attached hydrogens (tertiary/aromatic N) is 2. The Bertz CT molecular complexity index is 1050. The summed E-state index contributed by atoms with van der Waals surface area (Å²) in [5.41, 5.74) is -1.28. The molecule has 1 aromatic carbocycles. The van der Waals surface area contributed by atoms with Crippen molar-refractivity contribution in [3.63, 3.8) is 0 Å². The molecule has 0 radical (unpaired) electrons. The summed E-state index contributed by atoms with van der Waals surface area (Å²) < 4.78 is 6.83. The first-order valence-electron chi connectivity index (χ1n) is 10.8. The van der Waals surface area contributed by atoms with Gasteiger partial charge in [-0.15, -0.1) is 0 Å². The topological polar surface area (TPSA) is 122 Å². The molecule has 9 nitrogen and oxygen atoms in total. The molecular weight excluding hydrogens is 414 g/mol. The van der Waals surface area contributed by atoms with Gasteiger partial charge in [-0.05, 0) is 25.3 Å². The van der Waals surface area contributed by atoms with Crippen LogP contribution in [-0.4, -0.2) is 50.1 Å². The standard InChI is InChI=1S/C23H29N3O6/c1-17-14-25(22(31)24-20(17)28)15-19(27)26(23(21(29)30)10-6-3-7-11-23)12-13-32-16-18-8-4-2-5-9-18/h2,4-5,8-9,14H,3,6-7,10-13,15-16H2,1H3,(H,29,30)(H,24,28,31). The lowest BCUT2D eigenvalue weighted by atomic mass is 9.80. The molecular formula is C23H29N3O6. The number of aromatic nitrogens is 2. The van der Waals surface area contributed by atoms with E-state index in [2.05, 4.69) is 4.98 Å². The monoisotopic (exact) mass is 443 g/mol. The lowest BCUT2D eigenvalue weighted by Gasteiger charge is -2.43. The Morgan fingerprint density at radius 2 is 1.84 bits per heavy atom. The third kappa shape index (κ3) is 5.34. The molecule has 0 unspecified atom stereocenters. The number of ether oxygens (including phenoxy) is 1. The van der Waals surface area contributed by atoms with Crippen molar-refractivity contribution in [3.8, 4) is 0 Å². The van der Waals surface area contributed by atoms with Crippen molar-refractivity contribution in [1.82, 2.24) is 14.5 Å². The molecule has 1 heterocycles. The molecule has 1 aromatic heterocycles. The number of aryl methyl sites for hydroxylation is 1. The van der Waals surface area contributed by atoms with Gasteiger partial charge in [-0.1, -0.05) is 49.6 Å². The fourth-order valence-corrected chi connectivity index (χ4v) is 4.20. The van der Waals surface area contributed by atoms with Crippen LogP contribution in [0.3, 0.4) is 0 Å². The predicted octanol–water partition coefficient (Wildman–Crippen LogP) is 1.68. The van der Waals surface area contributed by atoms with Crippen LogP contribution in [0.2, 0.25) is 0 Å². The molecule has 0 aliphatic heterocycles. The number of aromatic amines is 1. The van der Waals surface area contributed by atoms with Gasteiger partial charge in [-0.2, -0.15) is 0 Å². The fraction of sp³-hybridized carbons (Fsp3) is 0.478. The average Bonchev–Trinajstić information content (AvgIpc) is 2.78. The maximum atomic E-state index is 13.3. The second-order valence-corrected chi connectivity index (χ2v) is 8.18. The number of amides is 1. The zero-order valence-corrected chi connectivity index (χ0v) is 18.2. The van der Waals surface area contributed by atoms with Crippen molar-refractivity contribution >= 4 is 11.9 Å². The molecule has 0 bridgehead atoms. The Morgan fingerprint density at radius 3 is 2.50 bits per heavy atom. The summed E-state index contributed by atoms with van der Waals surface area (Å²) in [6.07, 6.45) is 4.35. The zero-order chi connectivity index (χ0) is 23.1. The molecule has 2 N–H and O–H groups in total. The smallest absolute Gasteiger partial charge is 0.329 e. The summed E-state index contributed by atoms with van der Waals surface area (Å²) >= 11 is 0. The first-order chi connectivity index (χ1) is 15.3. The van der Waals surface area contributed by atoms with Gasteiger partial charge in [0, 0.05) is 18.3 Å². The minimum Gasteiger partial charge on any atom is -0.479 e. The molecule has 32 heavy (non-hydrogen) atoms. The second-order valence-electron chi connectivity index (χ2n) is 8.18. The summed E-state index contributed by atoms with van der Waals surface area (Å²) in [6.45, 7) is 1.78. The number of H-pyrrole nitrogens is 1. The summed E-state index contributed by atoms with van der Waals surface area (Å²) in [7, 11) is 0. The van der Waals surface area contributed by atoms with Gasteiger partial charge in [0.1, 0.15) is 12.1 Å². The fourth-order valence-electron chi connectivity index (χ4n) is 4.20. The summed E-state index contributed by atoms with van der Waals surface area (Å²) in [4.78, 5) is 52.9. The van der Waals surface area contributed by atoms with E-state index >= 15 is 0 Å². The number of nitrogens with one attached hydrogen (secondary N) is 1. The Morgan fingerprint density at radius 1 is 1.16 bits per heavy atom. The maximum absolute atomic E-state index is 13.3. The van der Waals surface area contributed by atoms with E-state index in [9.17, 15) is 24.3 Å². The molecule has 1 saturated carbocycles. The number of carboxylic acid groups (broad SMARTS) is 1. The van der Waals surface area contributed by atoms with Crippen molar-refractivity contribution in [2.45, 2.75) is 57.7 Å². The van der Waals surface area contributed by atoms with Crippen molar-refractivity contribution in [3.05, 3.63) is 68.5 Å². The van der Waals surface area contributed by atoms with Gasteiger partial charge < -0.3 is 14.7 Å². The lowest BCUT2D eigenvalue weighted by molar-refractivity contribution is -0.163. The molecule has 1 aliphatic carbocycles. The van der Waals surface area contributed by atoms with E-state index in [1.807, 2.05) is 30.3 Å². The normalized spacial score (nSPS) is 15.3. The second kappa shape index (κ2) is 10.4. The number of hydrogen-bond donors (Lipinski definition) is 2. The van der Waals surface area contributed by atoms with Crippen LogP contribution in [0.25, 0.3) is 0 Å². The van der Waals surface area contributed by atoms with Crippen LogP contribution < -0.4 is 11.2 Å². The van der Waals surface area contributed by atoms with Crippen molar-refractivity contribution in [1.29, 1.82) is 0 Å². The van der Waals surface area contributed by atoms with Crippen LogP contribution in [0.1, 0.15) is 43.2 Å². The van der Waals surface area contributed by atoms with Crippen LogP contribution in [0.15, 0.2) is 46.1 Å². The van der Waals surface area contributed by atoms with Crippen LogP contribution in [0.4, 0.5) is 0 Å². The first-order valence-corrected chi connectivity index (χ1v) is 10.8. The number of benzene rings is 1. The van der Waals surface area contributed by atoms with Gasteiger partial charge in [-0.3, -0.25) is 19.1 Å². The number of carbonyl (C=O) groups excluding carboxylic acids is 1. The van der Waals surface area contributed by atoms with E-state index < -0.39 is 28.7 Å². The summed E-state index contributed by atoms with van der Waals surface area (Å²) in [5.74, 6) is -1.54. The molecule has 0 spiro atoms. The number of carbonyl (C=O) groups is 2. The molecule has 1 amide bonds. The quantitative estimate of drug-likeness (QED) is 0.569. The van der Waals surface area contributed by atoms with Gasteiger partial charge in [0.15, 0.2) is 0 Å². The zero-order valence-electron chi connectivity index (χ0n) is 18.2. The van der Waals surface area contributed by atoms with E-state index in [4.69, 9.17) is 4.74 Å². The van der Waals surface area contributed by atoms with Crippen LogP contribution in [-0.2, 0) is 27.5 Å². The van der Waals surface area contributed by atoms with Crippen molar-refractivity contribution in [2.75, 3.05) is 13.2 Å². The molecule has 0 saturated heterocycles. The highest BCUT2D eigenvalue weighted by atomic mass is 16.5. The lowest BCUT2D eigenvalue weighted by Crippen LogP contribution is -2.60. The Balaban J connectivity index is 1.80. The Kier molecular flexibility index (Phi) is 7.63. The molecule has 172 valence electrons. The van der Waals surface area contributed by atoms with Crippen molar-refractivity contribution < 1.29 is 19.4 Å². The number of carboxylic acids is 1. The highest BCUT2D eigenvalue weighted by Gasteiger charge is 2.47. The number of aliphatic carboxylic acids is 1. The van der Waals surface area contributed by atoms with Crippen molar-refractivity contribution in [2.24, 2.45) is 0 Å². The van der Waals surface area contributed by atoms with Crippen LogP contribution in [0.5, 0.6) is 0 Å². The molecule has 9 heteroatoms. The Labute approximate surface area is 185 Å². The number of rotatable bonds is 9. The minimum atomic E-state index is -1.33. The highest BCUT2D eigenvalue weighted by Crippen LogP contribution is 2.34. The van der Waals surface area contributed by atoms with Gasteiger partial charge in [0.2, 0.25) is 5.91 Å². The van der Waals surface area contributed by atoms with Crippen LogP contribution >= 0.6 is 0 Å². The largest absolute Gasteiger partial charge is 0.479 e. The van der Waals surface area contributed by atoms with Gasteiger partial charge in [-0.25, -0.2) is 9.59 Å². The average molecular weight is 444 g/mol. The van der Waals surface area contributed by atoms with E-state index in [0.717, 1.165) is 16.6 Å². The predicted molar refractivity (Wildman–Crippen MR) is 117 cm³/mol. The molecule has 2 aromatic rings. The van der Waals surface area contributed by atoms with E-state index in [1.165, 1.54) is 18.0 Å². The van der Waals surface area contributed by atoms with E-state index in [1.54, 1.807) is 0 Å². The van der Waals surface area contributed by atoms with E-state index in [-0.39, 0.29) is 19.7 Å².